The fraction of sp³-hybridized carbons (Fsp3) is 0.385. The summed E-state index contributed by atoms with van der Waals surface area (Å²) in [5.41, 5.74) is 2.11. The van der Waals surface area contributed by atoms with E-state index in [0.29, 0.717) is 24.4 Å². The van der Waals surface area contributed by atoms with E-state index in [1.54, 1.807) is 0 Å². The Morgan fingerprint density at radius 2 is 2.22 bits per heavy atom. The van der Waals surface area contributed by atoms with Crippen LogP contribution in [0.25, 0.3) is 11.5 Å². The minimum atomic E-state index is 0.590. The lowest BCUT2D eigenvalue weighted by Gasteiger charge is -2.01. The maximum atomic E-state index is 5.67. The molecule has 0 bridgehead atoms. The molecule has 3 rings (SSSR count). The molecule has 5 heteroatoms. The molecule has 0 aliphatic heterocycles. The van der Waals surface area contributed by atoms with E-state index < -0.39 is 0 Å². The number of hydrogen-bond donors (Lipinski definition) is 1. The van der Waals surface area contributed by atoms with Gasteiger partial charge in [0.25, 0.3) is 0 Å². The minimum absolute atomic E-state index is 0.590. The van der Waals surface area contributed by atoms with Crippen LogP contribution in [-0.4, -0.2) is 16.2 Å². The second-order valence-corrected chi connectivity index (χ2v) is 5.53. The molecule has 0 spiro atoms. The maximum Gasteiger partial charge on any atom is 0.248 e. The number of aromatic nitrogens is 2. The van der Waals surface area contributed by atoms with E-state index in [0.717, 1.165) is 15.6 Å². The van der Waals surface area contributed by atoms with E-state index in [1.165, 1.54) is 12.8 Å². The Kier molecular flexibility index (Phi) is 3.18. The molecule has 1 aromatic heterocycles. The molecule has 1 heterocycles. The Morgan fingerprint density at radius 3 is 2.94 bits per heavy atom. The molecule has 0 saturated heterocycles. The smallest absolute Gasteiger partial charge is 0.248 e. The van der Waals surface area contributed by atoms with Crippen molar-refractivity contribution in [1.29, 1.82) is 0 Å². The second kappa shape index (κ2) is 4.82. The number of benzene rings is 1. The molecular formula is C13H14BrN3O. The first-order valence-corrected chi connectivity index (χ1v) is 6.84. The highest BCUT2D eigenvalue weighted by atomic mass is 79.9. The van der Waals surface area contributed by atoms with Crippen LogP contribution in [0.1, 0.15) is 24.3 Å². The van der Waals surface area contributed by atoms with Gasteiger partial charge in [-0.25, -0.2) is 0 Å². The summed E-state index contributed by atoms with van der Waals surface area (Å²) in [6, 6.07) is 6.66. The largest absolute Gasteiger partial charge is 0.419 e. The summed E-state index contributed by atoms with van der Waals surface area (Å²) in [4.78, 5) is 0. The van der Waals surface area contributed by atoms with Crippen molar-refractivity contribution < 1.29 is 4.42 Å². The zero-order valence-corrected chi connectivity index (χ0v) is 11.7. The molecule has 0 atom stereocenters. The predicted molar refractivity (Wildman–Crippen MR) is 72.0 cm³/mol. The Bertz CT molecular complexity index is 563. The van der Waals surface area contributed by atoms with Gasteiger partial charge >= 0.3 is 0 Å². The highest BCUT2D eigenvalue weighted by Crippen LogP contribution is 2.25. The highest BCUT2D eigenvalue weighted by Gasteiger charge is 2.21. The lowest BCUT2D eigenvalue weighted by atomic mass is 10.1. The van der Waals surface area contributed by atoms with Gasteiger partial charge in [0, 0.05) is 16.1 Å². The standard InChI is InChI=1S/C13H14BrN3O/c1-8-6-9(14)2-5-11(8)13-17-16-12(18-13)7-15-10-3-4-10/h2,5-6,10,15H,3-4,7H2,1H3. The topological polar surface area (TPSA) is 51.0 Å². The average molecular weight is 308 g/mol. The Hall–Kier alpha value is -1.20. The molecular weight excluding hydrogens is 294 g/mol. The van der Waals surface area contributed by atoms with Crippen molar-refractivity contribution in [2.24, 2.45) is 0 Å². The highest BCUT2D eigenvalue weighted by molar-refractivity contribution is 9.10. The quantitative estimate of drug-likeness (QED) is 0.943. The van der Waals surface area contributed by atoms with Crippen molar-refractivity contribution in [3.8, 4) is 11.5 Å². The van der Waals surface area contributed by atoms with E-state index >= 15 is 0 Å². The third-order valence-corrected chi connectivity index (χ3v) is 3.50. The monoisotopic (exact) mass is 307 g/mol. The van der Waals surface area contributed by atoms with Crippen molar-refractivity contribution in [1.82, 2.24) is 15.5 Å². The van der Waals surface area contributed by atoms with Crippen molar-refractivity contribution in [2.45, 2.75) is 32.4 Å². The molecule has 0 amide bonds. The van der Waals surface area contributed by atoms with Gasteiger partial charge in [0.15, 0.2) is 0 Å². The van der Waals surface area contributed by atoms with Gasteiger partial charge in [-0.05, 0) is 43.5 Å². The van der Waals surface area contributed by atoms with E-state index in [4.69, 9.17) is 4.42 Å². The number of halogens is 1. The molecule has 0 unspecified atom stereocenters. The summed E-state index contributed by atoms with van der Waals surface area (Å²) in [5, 5.41) is 11.5. The van der Waals surface area contributed by atoms with Crippen molar-refractivity contribution in [2.75, 3.05) is 0 Å². The van der Waals surface area contributed by atoms with Gasteiger partial charge in [-0.15, -0.1) is 10.2 Å². The number of hydrogen-bond acceptors (Lipinski definition) is 4. The summed E-state index contributed by atoms with van der Waals surface area (Å²) in [6.07, 6.45) is 2.51. The van der Waals surface area contributed by atoms with Crippen LogP contribution in [0.15, 0.2) is 27.1 Å². The number of rotatable bonds is 4. The molecule has 1 saturated carbocycles. The normalized spacial score (nSPS) is 15.0. The predicted octanol–water partition coefficient (Wildman–Crippen LogP) is 3.06. The van der Waals surface area contributed by atoms with Gasteiger partial charge < -0.3 is 9.73 Å². The number of nitrogens with one attached hydrogen (secondary N) is 1. The molecule has 18 heavy (non-hydrogen) atoms. The molecule has 94 valence electrons. The fourth-order valence-electron chi connectivity index (χ4n) is 1.82. The first kappa shape index (κ1) is 11.9. The summed E-state index contributed by atoms with van der Waals surface area (Å²) in [7, 11) is 0. The van der Waals surface area contributed by atoms with E-state index in [1.807, 2.05) is 25.1 Å². The van der Waals surface area contributed by atoms with Crippen molar-refractivity contribution in [3.05, 3.63) is 34.1 Å². The van der Waals surface area contributed by atoms with E-state index in [-0.39, 0.29) is 0 Å². The van der Waals surface area contributed by atoms with Gasteiger partial charge in [0.2, 0.25) is 11.8 Å². The molecule has 1 aliphatic carbocycles. The van der Waals surface area contributed by atoms with Crippen LogP contribution >= 0.6 is 15.9 Å². The molecule has 1 aliphatic rings. The van der Waals surface area contributed by atoms with Gasteiger partial charge in [-0.1, -0.05) is 15.9 Å². The SMILES string of the molecule is Cc1cc(Br)ccc1-c1nnc(CNC2CC2)o1. The van der Waals surface area contributed by atoms with E-state index in [2.05, 4.69) is 31.4 Å². The van der Waals surface area contributed by atoms with Crippen LogP contribution in [0.2, 0.25) is 0 Å². The van der Waals surface area contributed by atoms with Gasteiger partial charge in [-0.2, -0.15) is 0 Å². The molecule has 1 fully saturated rings. The minimum Gasteiger partial charge on any atom is -0.419 e. The van der Waals surface area contributed by atoms with Crippen LogP contribution in [0.5, 0.6) is 0 Å². The van der Waals surface area contributed by atoms with Crippen LogP contribution < -0.4 is 5.32 Å². The molecule has 1 N–H and O–H groups in total. The zero-order chi connectivity index (χ0) is 12.5. The first-order valence-electron chi connectivity index (χ1n) is 6.04. The number of aryl methyl sites for hydroxylation is 1. The average Bonchev–Trinajstić information content (AvgIpc) is 3.05. The van der Waals surface area contributed by atoms with Crippen LogP contribution in [0.3, 0.4) is 0 Å². The Balaban J connectivity index is 1.78. The van der Waals surface area contributed by atoms with E-state index in [9.17, 15) is 0 Å². The summed E-state index contributed by atoms with van der Waals surface area (Å²) < 4.78 is 6.72. The number of nitrogens with zero attached hydrogens (tertiary/aromatic N) is 2. The van der Waals surface area contributed by atoms with Crippen LogP contribution in [-0.2, 0) is 6.54 Å². The molecule has 1 aromatic carbocycles. The Morgan fingerprint density at radius 1 is 1.39 bits per heavy atom. The summed E-state index contributed by atoms with van der Waals surface area (Å²) in [6.45, 7) is 2.69. The van der Waals surface area contributed by atoms with Crippen molar-refractivity contribution >= 4 is 15.9 Å². The fourth-order valence-corrected chi connectivity index (χ4v) is 2.30. The van der Waals surface area contributed by atoms with Crippen LogP contribution in [0, 0.1) is 6.92 Å². The van der Waals surface area contributed by atoms with Gasteiger partial charge in [0.1, 0.15) is 0 Å². The lowest BCUT2D eigenvalue weighted by molar-refractivity contribution is 0.476. The van der Waals surface area contributed by atoms with Crippen LogP contribution in [0.4, 0.5) is 0 Å². The Labute approximate surface area is 114 Å². The van der Waals surface area contributed by atoms with Gasteiger partial charge in [0.05, 0.1) is 6.54 Å². The third kappa shape index (κ3) is 2.62. The zero-order valence-electron chi connectivity index (χ0n) is 10.1. The van der Waals surface area contributed by atoms with Gasteiger partial charge in [-0.3, -0.25) is 0 Å². The third-order valence-electron chi connectivity index (χ3n) is 3.01. The first-order chi connectivity index (χ1) is 8.72. The lowest BCUT2D eigenvalue weighted by Crippen LogP contribution is -2.15. The molecule has 4 nitrogen and oxygen atoms in total. The molecule has 0 radical (unpaired) electrons. The summed E-state index contributed by atoms with van der Waals surface area (Å²) in [5.74, 6) is 1.24. The van der Waals surface area contributed by atoms with Crippen molar-refractivity contribution in [3.63, 3.8) is 0 Å². The second-order valence-electron chi connectivity index (χ2n) is 4.62. The maximum absolute atomic E-state index is 5.67. The molecule has 2 aromatic rings. The summed E-state index contributed by atoms with van der Waals surface area (Å²) >= 11 is 3.45.